The van der Waals surface area contributed by atoms with Gasteiger partial charge < -0.3 is 9.84 Å². The normalized spacial score (nSPS) is 28.6. The van der Waals surface area contributed by atoms with Crippen molar-refractivity contribution < 1.29 is 14.6 Å². The molecule has 1 aliphatic heterocycles. The molecule has 17 heavy (non-hydrogen) atoms. The van der Waals surface area contributed by atoms with Crippen molar-refractivity contribution >= 4 is 5.97 Å². The van der Waals surface area contributed by atoms with Crippen LogP contribution < -0.4 is 5.32 Å². The van der Waals surface area contributed by atoms with Crippen molar-refractivity contribution in [1.82, 2.24) is 5.32 Å². The molecule has 1 aliphatic carbocycles. The van der Waals surface area contributed by atoms with E-state index in [-0.39, 0.29) is 6.10 Å². The molecule has 0 aromatic heterocycles. The van der Waals surface area contributed by atoms with Gasteiger partial charge >= 0.3 is 5.97 Å². The Morgan fingerprint density at radius 2 is 2.18 bits per heavy atom. The first-order valence-corrected chi connectivity index (χ1v) is 6.70. The van der Waals surface area contributed by atoms with Gasteiger partial charge in [0.25, 0.3) is 0 Å². The minimum atomic E-state index is -0.781. The molecule has 2 rings (SSSR count). The number of ether oxygens (including phenoxy) is 1. The molecule has 0 amide bonds. The molecule has 0 radical (unpaired) electrons. The van der Waals surface area contributed by atoms with Crippen LogP contribution in [-0.2, 0) is 9.53 Å². The lowest BCUT2D eigenvalue weighted by molar-refractivity contribution is -0.145. The van der Waals surface area contributed by atoms with Crippen LogP contribution in [0.4, 0.5) is 0 Å². The summed E-state index contributed by atoms with van der Waals surface area (Å²) >= 11 is 0. The highest BCUT2D eigenvalue weighted by Gasteiger charge is 2.37. The predicted molar refractivity (Wildman–Crippen MR) is 65.0 cm³/mol. The smallest absolute Gasteiger partial charge is 0.323 e. The van der Waals surface area contributed by atoms with Crippen LogP contribution in [0.15, 0.2) is 0 Å². The Morgan fingerprint density at radius 1 is 1.41 bits per heavy atom. The topological polar surface area (TPSA) is 58.6 Å². The lowest BCUT2D eigenvalue weighted by Gasteiger charge is -2.35. The summed E-state index contributed by atoms with van der Waals surface area (Å²) in [5.74, 6) is -0.143. The second-order valence-corrected chi connectivity index (χ2v) is 5.65. The molecule has 1 saturated carbocycles. The van der Waals surface area contributed by atoms with Gasteiger partial charge in [-0.05, 0) is 32.1 Å². The molecule has 4 heteroatoms. The van der Waals surface area contributed by atoms with Crippen LogP contribution in [0.2, 0.25) is 0 Å². The van der Waals surface area contributed by atoms with Gasteiger partial charge in [0.15, 0.2) is 0 Å². The van der Waals surface area contributed by atoms with Crippen molar-refractivity contribution in [3.8, 4) is 0 Å². The van der Waals surface area contributed by atoms with Crippen LogP contribution in [0.25, 0.3) is 0 Å². The Morgan fingerprint density at radius 3 is 2.65 bits per heavy atom. The monoisotopic (exact) mass is 241 g/mol. The second-order valence-electron chi connectivity index (χ2n) is 5.65. The number of carboxylic acid groups (broad SMARTS) is 1. The van der Waals surface area contributed by atoms with E-state index in [1.807, 2.05) is 6.92 Å². The third-order valence-corrected chi connectivity index (χ3v) is 4.14. The molecule has 0 aromatic rings. The largest absolute Gasteiger partial charge is 0.480 e. The highest BCUT2D eigenvalue weighted by Crippen LogP contribution is 2.33. The van der Waals surface area contributed by atoms with Crippen molar-refractivity contribution in [2.24, 2.45) is 5.92 Å². The standard InChI is InChI=1S/C13H23NO3/c1-13(12(15)16,8-10-4-2-5-10)14-9-11-6-3-7-17-11/h10-11,14H,2-9H2,1H3,(H,15,16). The molecule has 1 heterocycles. The molecule has 0 spiro atoms. The zero-order valence-electron chi connectivity index (χ0n) is 10.6. The van der Waals surface area contributed by atoms with E-state index < -0.39 is 11.5 Å². The van der Waals surface area contributed by atoms with Gasteiger partial charge in [0.1, 0.15) is 5.54 Å². The van der Waals surface area contributed by atoms with E-state index in [1.165, 1.54) is 19.3 Å². The fourth-order valence-electron chi connectivity index (χ4n) is 2.65. The molecular weight excluding hydrogens is 218 g/mol. The number of nitrogens with one attached hydrogen (secondary N) is 1. The zero-order valence-corrected chi connectivity index (χ0v) is 10.6. The first-order chi connectivity index (χ1) is 8.10. The molecule has 2 atom stereocenters. The molecule has 0 aromatic carbocycles. The first kappa shape index (κ1) is 12.8. The number of carboxylic acids is 1. The zero-order chi connectivity index (χ0) is 12.3. The van der Waals surface area contributed by atoms with Crippen LogP contribution in [0.5, 0.6) is 0 Å². The fraction of sp³-hybridized carbons (Fsp3) is 0.923. The van der Waals surface area contributed by atoms with E-state index >= 15 is 0 Å². The van der Waals surface area contributed by atoms with Gasteiger partial charge in [0.05, 0.1) is 6.10 Å². The van der Waals surface area contributed by atoms with E-state index in [0.717, 1.165) is 25.9 Å². The highest BCUT2D eigenvalue weighted by atomic mass is 16.5. The van der Waals surface area contributed by atoms with Gasteiger partial charge in [-0.25, -0.2) is 0 Å². The number of hydrogen-bond donors (Lipinski definition) is 2. The number of hydrogen-bond acceptors (Lipinski definition) is 3. The lowest BCUT2D eigenvalue weighted by atomic mass is 9.76. The number of rotatable bonds is 6. The lowest BCUT2D eigenvalue weighted by Crippen LogP contribution is -2.53. The summed E-state index contributed by atoms with van der Waals surface area (Å²) in [4.78, 5) is 11.4. The van der Waals surface area contributed by atoms with Crippen LogP contribution in [0.1, 0.15) is 45.4 Å². The van der Waals surface area contributed by atoms with Gasteiger partial charge in [-0.3, -0.25) is 10.1 Å². The Labute approximate surface area is 103 Å². The minimum absolute atomic E-state index is 0.204. The van der Waals surface area contributed by atoms with Crippen LogP contribution >= 0.6 is 0 Å². The molecule has 2 unspecified atom stereocenters. The molecule has 2 aliphatic rings. The Balaban J connectivity index is 1.83. The molecule has 1 saturated heterocycles. The first-order valence-electron chi connectivity index (χ1n) is 6.70. The van der Waals surface area contributed by atoms with E-state index in [2.05, 4.69) is 5.32 Å². The van der Waals surface area contributed by atoms with E-state index in [1.54, 1.807) is 0 Å². The quantitative estimate of drug-likeness (QED) is 0.744. The van der Waals surface area contributed by atoms with Crippen molar-refractivity contribution in [1.29, 1.82) is 0 Å². The number of aliphatic carboxylic acids is 1. The van der Waals surface area contributed by atoms with Crippen LogP contribution in [0, 0.1) is 5.92 Å². The SMILES string of the molecule is CC(CC1CCC1)(NCC1CCCO1)C(=O)O. The van der Waals surface area contributed by atoms with Crippen molar-refractivity contribution in [2.45, 2.75) is 57.1 Å². The van der Waals surface area contributed by atoms with E-state index in [0.29, 0.717) is 12.5 Å². The summed E-state index contributed by atoms with van der Waals surface area (Å²) in [6.07, 6.45) is 6.72. The average molecular weight is 241 g/mol. The van der Waals surface area contributed by atoms with Gasteiger partial charge in [0, 0.05) is 13.2 Å². The summed E-state index contributed by atoms with van der Waals surface area (Å²) in [6.45, 7) is 3.29. The second kappa shape index (κ2) is 5.36. The summed E-state index contributed by atoms with van der Waals surface area (Å²) in [5.41, 5.74) is -0.781. The third-order valence-electron chi connectivity index (χ3n) is 4.14. The maximum atomic E-state index is 11.4. The van der Waals surface area contributed by atoms with Gasteiger partial charge in [0.2, 0.25) is 0 Å². The number of carbonyl (C=O) groups is 1. The summed E-state index contributed by atoms with van der Waals surface area (Å²) in [6, 6.07) is 0. The third kappa shape index (κ3) is 3.19. The predicted octanol–water partition coefficient (Wildman–Crippen LogP) is 1.79. The van der Waals surface area contributed by atoms with Crippen molar-refractivity contribution in [3.63, 3.8) is 0 Å². The summed E-state index contributed by atoms with van der Waals surface area (Å²) in [7, 11) is 0. The average Bonchev–Trinajstić information content (AvgIpc) is 2.73. The van der Waals surface area contributed by atoms with E-state index in [4.69, 9.17) is 4.74 Å². The van der Waals surface area contributed by atoms with Crippen molar-refractivity contribution in [3.05, 3.63) is 0 Å². The minimum Gasteiger partial charge on any atom is -0.480 e. The Kier molecular flexibility index (Phi) is 4.05. The Hall–Kier alpha value is -0.610. The summed E-state index contributed by atoms with van der Waals surface area (Å²) < 4.78 is 5.52. The molecule has 98 valence electrons. The molecule has 4 nitrogen and oxygen atoms in total. The van der Waals surface area contributed by atoms with Gasteiger partial charge in [-0.15, -0.1) is 0 Å². The molecule has 0 bridgehead atoms. The van der Waals surface area contributed by atoms with E-state index in [9.17, 15) is 9.90 Å². The Bertz CT molecular complexity index is 272. The van der Waals surface area contributed by atoms with Gasteiger partial charge in [-0.2, -0.15) is 0 Å². The maximum Gasteiger partial charge on any atom is 0.323 e. The summed E-state index contributed by atoms with van der Waals surface area (Å²) in [5, 5.41) is 12.6. The maximum absolute atomic E-state index is 11.4. The van der Waals surface area contributed by atoms with Crippen LogP contribution in [-0.4, -0.2) is 35.9 Å². The molecule has 2 N–H and O–H groups in total. The molecular formula is C13H23NO3. The fourth-order valence-corrected chi connectivity index (χ4v) is 2.65. The highest BCUT2D eigenvalue weighted by molar-refractivity contribution is 5.78. The van der Waals surface area contributed by atoms with Crippen LogP contribution in [0.3, 0.4) is 0 Å². The van der Waals surface area contributed by atoms with Gasteiger partial charge in [-0.1, -0.05) is 19.3 Å². The molecule has 2 fully saturated rings. The van der Waals surface area contributed by atoms with Crippen molar-refractivity contribution in [2.75, 3.05) is 13.2 Å².